The van der Waals surface area contributed by atoms with Gasteiger partial charge < -0.3 is 15.5 Å². The molecule has 0 radical (unpaired) electrons. The molecule has 2 N–H and O–H groups in total. The van der Waals surface area contributed by atoms with Gasteiger partial charge in [0, 0.05) is 29.5 Å². The molecule has 0 saturated heterocycles. The summed E-state index contributed by atoms with van der Waals surface area (Å²) >= 11 is 0. The number of likely N-dealkylation sites (N-methyl/N-ethyl adjacent to an activating group) is 1. The van der Waals surface area contributed by atoms with E-state index in [2.05, 4.69) is 54.5 Å². The highest BCUT2D eigenvalue weighted by molar-refractivity contribution is 6.03. The quantitative estimate of drug-likeness (QED) is 0.856. The normalized spacial score (nSPS) is 17.5. The molecule has 4 nitrogen and oxygen atoms in total. The molecule has 0 bridgehead atoms. The Hall–Kier alpha value is -1.55. The number of nitrogens with zero attached hydrogens (tertiary/aromatic N) is 1. The van der Waals surface area contributed by atoms with Gasteiger partial charge in [-0.25, -0.2) is 0 Å². The second-order valence-corrected chi connectivity index (χ2v) is 5.13. The summed E-state index contributed by atoms with van der Waals surface area (Å²) in [7, 11) is 0. The van der Waals surface area contributed by atoms with Crippen LogP contribution in [0.2, 0.25) is 0 Å². The Morgan fingerprint density at radius 2 is 2.11 bits per heavy atom. The topological polar surface area (TPSA) is 44.4 Å². The van der Waals surface area contributed by atoms with Crippen molar-refractivity contribution < 1.29 is 4.79 Å². The smallest absolute Gasteiger partial charge is 0.246 e. The third-order valence-electron chi connectivity index (χ3n) is 3.57. The number of amides is 1. The predicted octanol–water partition coefficient (Wildman–Crippen LogP) is 2.52. The fraction of sp³-hybridized carbons (Fsp3) is 0.533. The Labute approximate surface area is 115 Å². The van der Waals surface area contributed by atoms with E-state index in [0.717, 1.165) is 30.0 Å². The van der Waals surface area contributed by atoms with E-state index in [-0.39, 0.29) is 11.9 Å². The van der Waals surface area contributed by atoms with Gasteiger partial charge >= 0.3 is 0 Å². The summed E-state index contributed by atoms with van der Waals surface area (Å²) < 4.78 is 0. The van der Waals surface area contributed by atoms with Gasteiger partial charge in [-0.2, -0.15) is 0 Å². The molecule has 0 fully saturated rings. The van der Waals surface area contributed by atoms with E-state index < -0.39 is 0 Å². The van der Waals surface area contributed by atoms with Crippen molar-refractivity contribution >= 4 is 17.3 Å². The second kappa shape index (κ2) is 5.61. The minimum Gasteiger partial charge on any atom is -0.369 e. The van der Waals surface area contributed by atoms with Crippen molar-refractivity contribution in [1.82, 2.24) is 5.32 Å². The van der Waals surface area contributed by atoms with E-state index >= 15 is 0 Å². The van der Waals surface area contributed by atoms with E-state index in [1.54, 1.807) is 0 Å². The van der Waals surface area contributed by atoms with Gasteiger partial charge in [0.2, 0.25) is 5.91 Å². The molecule has 1 unspecified atom stereocenters. The number of anilines is 2. The summed E-state index contributed by atoms with van der Waals surface area (Å²) in [6, 6.07) is 6.48. The van der Waals surface area contributed by atoms with Gasteiger partial charge in [0.15, 0.2) is 0 Å². The summed E-state index contributed by atoms with van der Waals surface area (Å²) in [5.41, 5.74) is 3.15. The Morgan fingerprint density at radius 1 is 1.37 bits per heavy atom. The number of hydrogen-bond acceptors (Lipinski definition) is 3. The number of carbonyl (C=O) groups excluding carboxylic acids is 1. The number of hydrogen-bond donors (Lipinski definition) is 2. The van der Waals surface area contributed by atoms with Crippen LogP contribution in [0.15, 0.2) is 18.2 Å². The summed E-state index contributed by atoms with van der Waals surface area (Å²) in [6.07, 6.45) is 0. The van der Waals surface area contributed by atoms with Gasteiger partial charge in [-0.1, -0.05) is 13.0 Å². The second-order valence-electron chi connectivity index (χ2n) is 5.13. The highest BCUT2D eigenvalue weighted by Crippen LogP contribution is 2.34. The lowest BCUT2D eigenvalue weighted by molar-refractivity contribution is -0.117. The van der Waals surface area contributed by atoms with E-state index in [1.165, 1.54) is 0 Å². The zero-order chi connectivity index (χ0) is 14.0. The molecule has 19 heavy (non-hydrogen) atoms. The molecule has 1 amide bonds. The maximum atomic E-state index is 11.9. The first-order valence-corrected chi connectivity index (χ1v) is 7.03. The highest BCUT2D eigenvalue weighted by Gasteiger charge is 2.30. The Kier molecular flexibility index (Phi) is 4.10. The van der Waals surface area contributed by atoms with Crippen LogP contribution in [0.3, 0.4) is 0 Å². The first-order valence-electron chi connectivity index (χ1n) is 7.03. The third-order valence-corrected chi connectivity index (χ3v) is 3.57. The van der Waals surface area contributed by atoms with Crippen LogP contribution in [-0.4, -0.2) is 25.0 Å². The van der Waals surface area contributed by atoms with Crippen molar-refractivity contribution in [1.29, 1.82) is 0 Å². The molecule has 4 heteroatoms. The molecular weight excluding hydrogens is 238 g/mol. The monoisotopic (exact) mass is 261 g/mol. The van der Waals surface area contributed by atoms with Crippen LogP contribution in [0.5, 0.6) is 0 Å². The molecule has 1 aromatic rings. The lowest BCUT2D eigenvalue weighted by Gasteiger charge is -2.28. The van der Waals surface area contributed by atoms with Crippen molar-refractivity contribution in [2.24, 2.45) is 0 Å². The van der Waals surface area contributed by atoms with Crippen LogP contribution in [0.4, 0.5) is 11.4 Å². The maximum absolute atomic E-state index is 11.9. The molecular formula is C15H23N3O. The molecule has 1 atom stereocenters. The average Bonchev–Trinajstić information content (AvgIpc) is 2.66. The van der Waals surface area contributed by atoms with Crippen LogP contribution < -0.4 is 15.5 Å². The Balaban J connectivity index is 2.31. The van der Waals surface area contributed by atoms with E-state index in [4.69, 9.17) is 0 Å². The van der Waals surface area contributed by atoms with Gasteiger partial charge in [-0.15, -0.1) is 0 Å². The number of carbonyl (C=O) groups is 1. The van der Waals surface area contributed by atoms with Crippen molar-refractivity contribution in [2.75, 3.05) is 23.3 Å². The SMILES string of the molecule is CCNC1C(=O)Nc2cc(N(CC)C(C)C)ccc21. The standard InChI is InChI=1S/C15H23N3O/c1-5-16-14-12-8-7-11(18(6-2)10(3)4)9-13(12)17-15(14)19/h7-10,14,16H,5-6H2,1-4H3,(H,17,19). The average molecular weight is 261 g/mol. The largest absolute Gasteiger partial charge is 0.369 e. The lowest BCUT2D eigenvalue weighted by atomic mass is 10.1. The van der Waals surface area contributed by atoms with Crippen molar-refractivity contribution in [2.45, 2.75) is 39.8 Å². The molecule has 2 rings (SSSR count). The summed E-state index contributed by atoms with van der Waals surface area (Å²) in [6.45, 7) is 10.3. The zero-order valence-corrected chi connectivity index (χ0v) is 12.2. The van der Waals surface area contributed by atoms with E-state index in [0.29, 0.717) is 6.04 Å². The van der Waals surface area contributed by atoms with Crippen LogP contribution in [0.25, 0.3) is 0 Å². The first-order chi connectivity index (χ1) is 9.08. The van der Waals surface area contributed by atoms with Gasteiger partial charge in [-0.3, -0.25) is 4.79 Å². The van der Waals surface area contributed by atoms with Gasteiger partial charge in [0.05, 0.1) is 0 Å². The summed E-state index contributed by atoms with van der Waals surface area (Å²) in [5, 5.41) is 6.17. The Morgan fingerprint density at radius 3 is 2.68 bits per heavy atom. The first kappa shape index (κ1) is 13.9. The number of rotatable bonds is 5. The molecule has 1 heterocycles. The number of benzene rings is 1. The molecule has 0 saturated carbocycles. The van der Waals surface area contributed by atoms with Crippen molar-refractivity contribution in [3.63, 3.8) is 0 Å². The fourth-order valence-electron chi connectivity index (χ4n) is 2.68. The van der Waals surface area contributed by atoms with E-state index in [1.807, 2.05) is 6.92 Å². The maximum Gasteiger partial charge on any atom is 0.246 e. The molecule has 1 aromatic carbocycles. The lowest BCUT2D eigenvalue weighted by Crippen LogP contribution is -2.30. The van der Waals surface area contributed by atoms with E-state index in [9.17, 15) is 4.79 Å². The molecule has 0 aliphatic carbocycles. The Bertz CT molecular complexity index is 470. The van der Waals surface area contributed by atoms with Crippen LogP contribution >= 0.6 is 0 Å². The minimum absolute atomic E-state index is 0.0431. The molecule has 104 valence electrons. The van der Waals surface area contributed by atoms with Crippen molar-refractivity contribution in [3.05, 3.63) is 23.8 Å². The summed E-state index contributed by atoms with van der Waals surface area (Å²) in [4.78, 5) is 14.2. The zero-order valence-electron chi connectivity index (χ0n) is 12.2. The number of nitrogens with one attached hydrogen (secondary N) is 2. The van der Waals surface area contributed by atoms with Crippen LogP contribution in [0, 0.1) is 0 Å². The highest BCUT2D eigenvalue weighted by atomic mass is 16.2. The van der Waals surface area contributed by atoms with Gasteiger partial charge in [-0.05, 0) is 39.4 Å². The minimum atomic E-state index is -0.205. The molecule has 1 aliphatic rings. The number of fused-ring (bicyclic) bond motifs is 1. The van der Waals surface area contributed by atoms with Gasteiger partial charge in [0.1, 0.15) is 6.04 Å². The third kappa shape index (κ3) is 2.59. The fourth-order valence-corrected chi connectivity index (χ4v) is 2.68. The van der Waals surface area contributed by atoms with Gasteiger partial charge in [0.25, 0.3) is 0 Å². The van der Waals surface area contributed by atoms with Crippen LogP contribution in [-0.2, 0) is 4.79 Å². The summed E-state index contributed by atoms with van der Waals surface area (Å²) in [5.74, 6) is 0.0431. The molecule has 1 aliphatic heterocycles. The molecule has 0 spiro atoms. The molecule has 0 aromatic heterocycles. The van der Waals surface area contributed by atoms with Crippen molar-refractivity contribution in [3.8, 4) is 0 Å². The predicted molar refractivity (Wildman–Crippen MR) is 79.6 cm³/mol. The van der Waals surface area contributed by atoms with Crippen LogP contribution in [0.1, 0.15) is 39.3 Å².